The third-order valence-corrected chi connectivity index (χ3v) is 3.69. The van der Waals surface area contributed by atoms with Gasteiger partial charge in [0.2, 0.25) is 0 Å². The molecule has 0 amide bonds. The molecule has 0 saturated carbocycles. The first-order valence-corrected chi connectivity index (χ1v) is 6.78. The monoisotopic (exact) mass is 338 g/mol. The molecule has 0 fully saturated rings. The number of rotatable bonds is 1. The summed E-state index contributed by atoms with van der Waals surface area (Å²) < 4.78 is 32.7. The first kappa shape index (κ1) is 13.2. The van der Waals surface area contributed by atoms with E-state index in [9.17, 15) is 13.6 Å². The molecule has 0 saturated heterocycles. The number of hydrogen-bond donors (Lipinski definition) is 0. The van der Waals surface area contributed by atoms with Gasteiger partial charge >= 0.3 is 0 Å². The Morgan fingerprint density at radius 1 is 1.10 bits per heavy atom. The van der Waals surface area contributed by atoms with Crippen LogP contribution in [-0.2, 0) is 0 Å². The smallest absolute Gasteiger partial charge is 0.170 e. The highest BCUT2D eigenvalue weighted by atomic mass is 79.9. The van der Waals surface area contributed by atoms with Gasteiger partial charge < -0.3 is 4.74 Å². The van der Waals surface area contributed by atoms with Gasteiger partial charge in [0.25, 0.3) is 0 Å². The summed E-state index contributed by atoms with van der Waals surface area (Å²) in [5.74, 6) is -1.49. The third kappa shape index (κ3) is 2.33. The van der Waals surface area contributed by atoms with Crippen LogP contribution in [0.4, 0.5) is 8.78 Å². The Labute approximate surface area is 122 Å². The second-order valence-electron chi connectivity index (χ2n) is 4.55. The Kier molecular flexibility index (Phi) is 3.30. The number of carbonyl (C=O) groups excluding carboxylic acids is 1. The number of halogens is 3. The van der Waals surface area contributed by atoms with Crippen LogP contribution in [0.25, 0.3) is 0 Å². The maximum atomic E-state index is 13.3. The molecule has 2 aromatic rings. The molecule has 0 bridgehead atoms. The second kappa shape index (κ2) is 4.98. The number of hydrogen-bond acceptors (Lipinski definition) is 2. The Balaban J connectivity index is 1.98. The summed E-state index contributed by atoms with van der Waals surface area (Å²) in [6, 6.07) is 8.67. The largest absolute Gasteiger partial charge is 0.484 e. The van der Waals surface area contributed by atoms with E-state index in [1.807, 2.05) is 0 Å². The van der Waals surface area contributed by atoms with Crippen LogP contribution in [-0.4, -0.2) is 5.78 Å². The normalized spacial score (nSPS) is 17.6. The molecule has 1 heterocycles. The maximum absolute atomic E-state index is 13.3. The lowest BCUT2D eigenvalue weighted by Gasteiger charge is -2.25. The summed E-state index contributed by atoms with van der Waals surface area (Å²) in [6.45, 7) is 0. The Morgan fingerprint density at radius 3 is 2.65 bits per heavy atom. The van der Waals surface area contributed by atoms with E-state index in [0.29, 0.717) is 16.9 Å². The Hall–Kier alpha value is -1.75. The van der Waals surface area contributed by atoms with E-state index in [2.05, 4.69) is 15.9 Å². The van der Waals surface area contributed by atoms with E-state index < -0.39 is 17.7 Å². The molecule has 5 heteroatoms. The van der Waals surface area contributed by atoms with Crippen LogP contribution in [0.2, 0.25) is 0 Å². The molecule has 20 heavy (non-hydrogen) atoms. The summed E-state index contributed by atoms with van der Waals surface area (Å²) in [4.78, 5) is 12.1. The van der Waals surface area contributed by atoms with Crippen LogP contribution >= 0.6 is 15.9 Å². The highest BCUT2D eigenvalue weighted by Crippen LogP contribution is 2.36. The van der Waals surface area contributed by atoms with Gasteiger partial charge in [-0.15, -0.1) is 0 Å². The molecule has 0 aromatic heterocycles. The zero-order chi connectivity index (χ0) is 14.3. The predicted octanol–water partition coefficient (Wildman–Crippen LogP) is 4.43. The first-order valence-electron chi connectivity index (χ1n) is 5.99. The molecular formula is C15H9BrF2O2. The fraction of sp³-hybridized carbons (Fsp3) is 0.133. The van der Waals surface area contributed by atoms with E-state index in [1.165, 1.54) is 6.07 Å². The summed E-state index contributed by atoms with van der Waals surface area (Å²) >= 11 is 3.31. The average Bonchev–Trinajstić information content (AvgIpc) is 2.41. The number of fused-ring (bicyclic) bond motifs is 1. The maximum Gasteiger partial charge on any atom is 0.170 e. The molecular weight excluding hydrogens is 330 g/mol. The van der Waals surface area contributed by atoms with E-state index in [1.54, 1.807) is 18.2 Å². The summed E-state index contributed by atoms with van der Waals surface area (Å²) in [7, 11) is 0. The van der Waals surface area contributed by atoms with Crippen molar-refractivity contribution in [3.05, 3.63) is 63.6 Å². The summed E-state index contributed by atoms with van der Waals surface area (Å²) in [5.41, 5.74) is 0.954. The molecule has 1 unspecified atom stereocenters. The van der Waals surface area contributed by atoms with Gasteiger partial charge in [-0.2, -0.15) is 0 Å². The van der Waals surface area contributed by atoms with Crippen molar-refractivity contribution in [1.29, 1.82) is 0 Å². The minimum absolute atomic E-state index is 0.0755. The second-order valence-corrected chi connectivity index (χ2v) is 5.46. The summed E-state index contributed by atoms with van der Waals surface area (Å²) in [6.07, 6.45) is -0.487. The van der Waals surface area contributed by atoms with Crippen LogP contribution in [0.15, 0.2) is 40.9 Å². The van der Waals surface area contributed by atoms with Gasteiger partial charge in [0, 0.05) is 4.47 Å². The first-order chi connectivity index (χ1) is 9.54. The number of Topliss-reactive ketones (excluding diaryl/α,β-unsaturated/α-hetero) is 1. The van der Waals surface area contributed by atoms with Gasteiger partial charge in [0.05, 0.1) is 12.0 Å². The Bertz CT molecular complexity index is 700. The van der Waals surface area contributed by atoms with Crippen LogP contribution in [0.5, 0.6) is 5.75 Å². The van der Waals surface area contributed by atoms with Gasteiger partial charge in [0.15, 0.2) is 17.4 Å². The van der Waals surface area contributed by atoms with E-state index in [4.69, 9.17) is 4.74 Å². The highest BCUT2D eigenvalue weighted by Gasteiger charge is 2.28. The zero-order valence-corrected chi connectivity index (χ0v) is 11.8. The molecule has 1 atom stereocenters. The number of ether oxygens (including phenoxy) is 1. The molecule has 1 aliphatic rings. The summed E-state index contributed by atoms with van der Waals surface area (Å²) in [5, 5.41) is 0. The van der Waals surface area contributed by atoms with Crippen molar-refractivity contribution in [3.63, 3.8) is 0 Å². The van der Waals surface area contributed by atoms with Crippen LogP contribution < -0.4 is 4.74 Å². The standard InChI is InChI=1S/C15H9BrF2O2/c16-9-2-3-10-13(19)7-14(20-15(10)6-9)8-1-4-11(17)12(18)5-8/h1-6,14H,7H2. The molecule has 2 aromatic carbocycles. The molecule has 0 spiro atoms. The van der Waals surface area contributed by atoms with Crippen molar-refractivity contribution >= 4 is 21.7 Å². The topological polar surface area (TPSA) is 26.3 Å². The fourth-order valence-corrected chi connectivity index (χ4v) is 2.54. The minimum atomic E-state index is -0.946. The molecule has 0 radical (unpaired) electrons. The van der Waals surface area contributed by atoms with Crippen molar-refractivity contribution < 1.29 is 18.3 Å². The van der Waals surface area contributed by atoms with Crippen molar-refractivity contribution in [3.8, 4) is 5.75 Å². The third-order valence-electron chi connectivity index (χ3n) is 3.20. The van der Waals surface area contributed by atoms with Gasteiger partial charge in [-0.05, 0) is 35.9 Å². The van der Waals surface area contributed by atoms with E-state index >= 15 is 0 Å². The average molecular weight is 339 g/mol. The molecule has 0 aliphatic carbocycles. The number of carbonyl (C=O) groups is 1. The minimum Gasteiger partial charge on any atom is -0.484 e. The van der Waals surface area contributed by atoms with Gasteiger partial charge in [-0.25, -0.2) is 8.78 Å². The van der Waals surface area contributed by atoms with Crippen molar-refractivity contribution in [2.45, 2.75) is 12.5 Å². The molecule has 3 rings (SSSR count). The lowest BCUT2D eigenvalue weighted by molar-refractivity contribution is 0.0849. The van der Waals surface area contributed by atoms with Gasteiger partial charge in [-0.3, -0.25) is 4.79 Å². The SMILES string of the molecule is O=C1CC(c2ccc(F)c(F)c2)Oc2cc(Br)ccc21. The number of benzene rings is 2. The van der Waals surface area contributed by atoms with Crippen molar-refractivity contribution in [2.24, 2.45) is 0 Å². The lowest BCUT2D eigenvalue weighted by atomic mass is 9.96. The van der Waals surface area contributed by atoms with Gasteiger partial charge in [-0.1, -0.05) is 22.0 Å². The van der Waals surface area contributed by atoms with Gasteiger partial charge in [0.1, 0.15) is 11.9 Å². The Morgan fingerprint density at radius 2 is 1.90 bits per heavy atom. The lowest BCUT2D eigenvalue weighted by Crippen LogP contribution is -2.20. The van der Waals surface area contributed by atoms with Crippen molar-refractivity contribution in [2.75, 3.05) is 0 Å². The van der Waals surface area contributed by atoms with E-state index in [0.717, 1.165) is 16.6 Å². The van der Waals surface area contributed by atoms with Crippen molar-refractivity contribution in [1.82, 2.24) is 0 Å². The molecule has 2 nitrogen and oxygen atoms in total. The molecule has 0 N–H and O–H groups in total. The molecule has 1 aliphatic heterocycles. The zero-order valence-electron chi connectivity index (χ0n) is 10.2. The van der Waals surface area contributed by atoms with Crippen LogP contribution in [0, 0.1) is 11.6 Å². The fourth-order valence-electron chi connectivity index (χ4n) is 2.20. The van der Waals surface area contributed by atoms with Crippen LogP contribution in [0.1, 0.15) is 28.4 Å². The molecule has 102 valence electrons. The van der Waals surface area contributed by atoms with E-state index in [-0.39, 0.29) is 12.2 Å². The number of ketones is 1. The quantitative estimate of drug-likeness (QED) is 0.768. The predicted molar refractivity (Wildman–Crippen MR) is 72.8 cm³/mol. The highest BCUT2D eigenvalue weighted by molar-refractivity contribution is 9.10. The van der Waals surface area contributed by atoms with Crippen LogP contribution in [0.3, 0.4) is 0 Å².